The maximum atomic E-state index is 9.30. The first-order chi connectivity index (χ1) is 8.78. The molecule has 18 heavy (non-hydrogen) atoms. The van der Waals surface area contributed by atoms with Crippen molar-refractivity contribution in [2.45, 2.75) is 25.4 Å². The largest absolute Gasteiger partial charge is 0.395 e. The van der Waals surface area contributed by atoms with Gasteiger partial charge in [0.05, 0.1) is 18.5 Å². The molecule has 2 aromatic heterocycles. The molecule has 3 N–H and O–H groups in total. The molecular weight excluding hydrogens is 248 g/mol. The molecule has 6 heteroatoms. The molecule has 1 fully saturated rings. The van der Waals surface area contributed by atoms with Crippen LogP contribution >= 0.6 is 11.3 Å². The minimum absolute atomic E-state index is 0.205. The van der Waals surface area contributed by atoms with Crippen molar-refractivity contribution in [1.29, 1.82) is 0 Å². The Morgan fingerprint density at radius 1 is 1.50 bits per heavy atom. The van der Waals surface area contributed by atoms with E-state index in [1.165, 1.54) is 0 Å². The first-order valence-corrected chi connectivity index (χ1v) is 7.00. The number of fused-ring (bicyclic) bond motifs is 1. The minimum atomic E-state index is 0.205. The number of aliphatic hydroxyl groups is 1. The van der Waals surface area contributed by atoms with Crippen molar-refractivity contribution in [3.05, 3.63) is 17.3 Å². The van der Waals surface area contributed by atoms with E-state index < -0.39 is 0 Å². The highest BCUT2D eigenvalue weighted by Crippen LogP contribution is 2.24. The molecule has 0 aromatic carbocycles. The number of rotatable bonds is 3. The van der Waals surface area contributed by atoms with Gasteiger partial charge in [-0.1, -0.05) is 0 Å². The summed E-state index contributed by atoms with van der Waals surface area (Å²) in [5, 5.41) is 12.2. The molecule has 1 atom stereocenters. The first kappa shape index (κ1) is 11.8. The zero-order valence-electron chi connectivity index (χ0n) is 10.0. The second-order valence-electron chi connectivity index (χ2n) is 4.61. The van der Waals surface area contributed by atoms with Crippen LogP contribution in [0.4, 0.5) is 5.82 Å². The van der Waals surface area contributed by atoms with Crippen molar-refractivity contribution in [3.63, 3.8) is 0 Å². The molecule has 0 radical (unpaired) electrons. The Morgan fingerprint density at radius 3 is 3.22 bits per heavy atom. The molecule has 1 aliphatic heterocycles. The maximum absolute atomic E-state index is 9.30. The second kappa shape index (κ2) is 4.79. The van der Waals surface area contributed by atoms with Crippen molar-refractivity contribution in [1.82, 2.24) is 14.9 Å². The van der Waals surface area contributed by atoms with Gasteiger partial charge in [0, 0.05) is 6.04 Å². The van der Waals surface area contributed by atoms with Crippen LogP contribution in [0.3, 0.4) is 0 Å². The number of nitrogens with zero attached hydrogens (tertiary/aromatic N) is 3. The third-order valence-electron chi connectivity index (χ3n) is 3.46. The van der Waals surface area contributed by atoms with E-state index in [-0.39, 0.29) is 12.6 Å². The van der Waals surface area contributed by atoms with Gasteiger partial charge in [0.25, 0.3) is 0 Å². The van der Waals surface area contributed by atoms with Crippen molar-refractivity contribution in [2.24, 2.45) is 0 Å². The summed E-state index contributed by atoms with van der Waals surface area (Å²) in [4.78, 5) is 12.1. The van der Waals surface area contributed by atoms with Gasteiger partial charge in [0.2, 0.25) is 0 Å². The summed E-state index contributed by atoms with van der Waals surface area (Å²) in [6.07, 6.45) is 2.18. The highest BCUT2D eigenvalue weighted by Gasteiger charge is 2.24. The number of anilines is 1. The average Bonchev–Trinajstić information content (AvgIpc) is 2.97. The van der Waals surface area contributed by atoms with Gasteiger partial charge in [-0.25, -0.2) is 9.97 Å². The van der Waals surface area contributed by atoms with Crippen molar-refractivity contribution in [3.8, 4) is 0 Å². The number of hydrogen-bond acceptors (Lipinski definition) is 6. The highest BCUT2D eigenvalue weighted by atomic mass is 32.1. The van der Waals surface area contributed by atoms with Crippen LogP contribution in [-0.4, -0.2) is 39.2 Å². The summed E-state index contributed by atoms with van der Waals surface area (Å²) in [7, 11) is 0. The lowest BCUT2D eigenvalue weighted by Gasteiger charge is -2.21. The van der Waals surface area contributed by atoms with E-state index in [2.05, 4.69) is 14.9 Å². The zero-order chi connectivity index (χ0) is 12.5. The smallest absolute Gasteiger partial charge is 0.146 e. The standard InChI is InChI=1S/C12H16N4OS/c13-11-9-3-5-18-12(9)15-10(14-11)6-16-4-1-2-8(16)7-17/h3,5,8,17H,1-2,4,6-7H2,(H2,13,14,15). The lowest BCUT2D eigenvalue weighted by molar-refractivity contribution is 0.151. The Kier molecular flexibility index (Phi) is 3.15. The predicted molar refractivity (Wildman–Crippen MR) is 72.3 cm³/mol. The van der Waals surface area contributed by atoms with Gasteiger partial charge in [0.15, 0.2) is 0 Å². The van der Waals surface area contributed by atoms with E-state index in [0.29, 0.717) is 12.4 Å². The van der Waals surface area contributed by atoms with Crippen LogP contribution in [0.25, 0.3) is 10.2 Å². The molecule has 0 spiro atoms. The first-order valence-electron chi connectivity index (χ1n) is 6.12. The fourth-order valence-electron chi connectivity index (χ4n) is 2.49. The van der Waals surface area contributed by atoms with E-state index in [1.54, 1.807) is 11.3 Å². The molecule has 1 saturated heterocycles. The molecule has 3 heterocycles. The highest BCUT2D eigenvalue weighted by molar-refractivity contribution is 7.16. The van der Waals surface area contributed by atoms with E-state index >= 15 is 0 Å². The summed E-state index contributed by atoms with van der Waals surface area (Å²) in [5.41, 5.74) is 5.93. The number of nitrogen functional groups attached to an aromatic ring is 1. The van der Waals surface area contributed by atoms with E-state index in [4.69, 9.17) is 5.73 Å². The number of hydrogen-bond donors (Lipinski definition) is 2. The monoisotopic (exact) mass is 264 g/mol. The molecule has 3 rings (SSSR count). The predicted octanol–water partition coefficient (Wildman–Crippen LogP) is 1.23. The van der Waals surface area contributed by atoms with Crippen molar-refractivity contribution < 1.29 is 5.11 Å². The molecular formula is C12H16N4OS. The fourth-order valence-corrected chi connectivity index (χ4v) is 3.28. The summed E-state index contributed by atoms with van der Waals surface area (Å²) in [5.74, 6) is 1.30. The number of thiophene rings is 1. The van der Waals surface area contributed by atoms with Gasteiger partial charge in [-0.15, -0.1) is 11.3 Å². The maximum Gasteiger partial charge on any atom is 0.146 e. The van der Waals surface area contributed by atoms with Crippen LogP contribution in [0, 0.1) is 0 Å². The van der Waals surface area contributed by atoms with E-state index in [9.17, 15) is 5.11 Å². The SMILES string of the molecule is Nc1nc(CN2CCCC2CO)nc2sccc12. The third kappa shape index (κ3) is 2.07. The molecule has 0 aliphatic carbocycles. The topological polar surface area (TPSA) is 75.3 Å². The molecule has 0 saturated carbocycles. The Balaban J connectivity index is 1.86. The Hall–Kier alpha value is -1.24. The van der Waals surface area contributed by atoms with Gasteiger partial charge < -0.3 is 10.8 Å². The number of aliphatic hydroxyl groups excluding tert-OH is 1. The fraction of sp³-hybridized carbons (Fsp3) is 0.500. The normalized spacial score (nSPS) is 20.8. The van der Waals surface area contributed by atoms with Crippen LogP contribution in [-0.2, 0) is 6.54 Å². The van der Waals surface area contributed by atoms with Crippen LogP contribution in [0.15, 0.2) is 11.4 Å². The molecule has 0 amide bonds. The molecule has 1 aliphatic rings. The summed E-state index contributed by atoms with van der Waals surface area (Å²) in [6.45, 7) is 1.87. The quantitative estimate of drug-likeness (QED) is 0.872. The summed E-state index contributed by atoms with van der Waals surface area (Å²) >= 11 is 1.58. The Bertz CT molecular complexity index is 556. The molecule has 1 unspecified atom stereocenters. The van der Waals surface area contributed by atoms with Gasteiger partial charge in [0.1, 0.15) is 16.5 Å². The number of nitrogens with two attached hydrogens (primary N) is 1. The molecule has 96 valence electrons. The Morgan fingerprint density at radius 2 is 2.39 bits per heavy atom. The van der Waals surface area contributed by atoms with Gasteiger partial charge >= 0.3 is 0 Å². The summed E-state index contributed by atoms with van der Waals surface area (Å²) in [6, 6.07) is 2.19. The molecule has 0 bridgehead atoms. The van der Waals surface area contributed by atoms with Gasteiger partial charge in [-0.05, 0) is 30.8 Å². The zero-order valence-corrected chi connectivity index (χ0v) is 10.9. The van der Waals surface area contributed by atoms with Gasteiger partial charge in [-0.3, -0.25) is 4.90 Å². The van der Waals surface area contributed by atoms with E-state index in [1.807, 2.05) is 11.4 Å². The lowest BCUT2D eigenvalue weighted by atomic mass is 10.2. The third-order valence-corrected chi connectivity index (χ3v) is 4.26. The van der Waals surface area contributed by atoms with Gasteiger partial charge in [-0.2, -0.15) is 0 Å². The molecule has 2 aromatic rings. The molecule has 5 nitrogen and oxygen atoms in total. The van der Waals surface area contributed by atoms with Crippen molar-refractivity contribution in [2.75, 3.05) is 18.9 Å². The minimum Gasteiger partial charge on any atom is -0.395 e. The lowest BCUT2D eigenvalue weighted by Crippen LogP contribution is -2.32. The number of aromatic nitrogens is 2. The van der Waals surface area contributed by atoms with E-state index in [0.717, 1.165) is 35.4 Å². The Labute approximate surface area is 109 Å². The number of likely N-dealkylation sites (tertiary alicyclic amines) is 1. The average molecular weight is 264 g/mol. The van der Waals surface area contributed by atoms with Crippen LogP contribution in [0.1, 0.15) is 18.7 Å². The van der Waals surface area contributed by atoms with Crippen LogP contribution in [0.2, 0.25) is 0 Å². The summed E-state index contributed by atoms with van der Waals surface area (Å²) < 4.78 is 0. The second-order valence-corrected chi connectivity index (χ2v) is 5.51. The van der Waals surface area contributed by atoms with Crippen molar-refractivity contribution >= 4 is 27.4 Å². The van der Waals surface area contributed by atoms with Crippen LogP contribution in [0.5, 0.6) is 0 Å². The van der Waals surface area contributed by atoms with Crippen LogP contribution < -0.4 is 5.73 Å².